The van der Waals surface area contributed by atoms with E-state index in [0.29, 0.717) is 16.9 Å². The van der Waals surface area contributed by atoms with Gasteiger partial charge in [0.25, 0.3) is 0 Å². The second-order valence-corrected chi connectivity index (χ2v) is 8.37. The molecule has 22 heavy (non-hydrogen) atoms. The lowest BCUT2D eigenvalue weighted by atomic mass is 9.40. The quantitative estimate of drug-likeness (QED) is 0.795. The zero-order chi connectivity index (χ0) is 14.7. The van der Waals surface area contributed by atoms with Crippen molar-refractivity contribution in [1.29, 1.82) is 0 Å². The Balaban J connectivity index is 1.66. The van der Waals surface area contributed by atoms with Gasteiger partial charge in [0.05, 0.1) is 7.11 Å². The Bertz CT molecular complexity index is 701. The molecule has 0 radical (unpaired) electrons. The van der Waals surface area contributed by atoms with Crippen molar-refractivity contribution < 1.29 is 9.47 Å². The van der Waals surface area contributed by atoms with Gasteiger partial charge < -0.3 is 14.4 Å². The summed E-state index contributed by atoms with van der Waals surface area (Å²) in [5, 5.41) is 0. The highest BCUT2D eigenvalue weighted by molar-refractivity contribution is 5.63. The van der Waals surface area contributed by atoms with Crippen molar-refractivity contribution in [2.24, 2.45) is 11.3 Å². The first-order chi connectivity index (χ1) is 10.7. The molecule has 0 aromatic heterocycles. The van der Waals surface area contributed by atoms with Crippen molar-refractivity contribution in [2.45, 2.75) is 49.7 Å². The summed E-state index contributed by atoms with van der Waals surface area (Å²) in [7, 11) is 4.12. The molecule has 3 saturated carbocycles. The number of likely N-dealkylation sites (N-methyl/N-ethyl adjacent to an activating group) is 1. The van der Waals surface area contributed by atoms with Gasteiger partial charge in [-0.05, 0) is 62.1 Å². The predicted octanol–water partition coefficient (Wildman–Crippen LogP) is 2.75. The molecule has 2 aliphatic heterocycles. The molecule has 116 valence electrons. The maximum atomic E-state index is 6.56. The van der Waals surface area contributed by atoms with E-state index in [1.165, 1.54) is 44.2 Å². The number of methoxy groups -OCH3 is 1. The molecule has 4 fully saturated rings. The molecule has 5 atom stereocenters. The van der Waals surface area contributed by atoms with Crippen molar-refractivity contribution >= 4 is 0 Å². The number of rotatable bonds is 1. The van der Waals surface area contributed by atoms with Gasteiger partial charge in [-0.2, -0.15) is 0 Å². The molecule has 1 saturated heterocycles. The standard InChI is InChI=1S/C19H23NO2/c1-20-10-18-7-3-4-14-19(9-18)15-11(8-12(20)17(18)19)5-6-13(21-2)16(15)22-14/h5-6,12,14,17H,3-4,7-10H2,1-2H3/t12?,14-,17?,18?,19?/m0/s1. The fraction of sp³-hybridized carbons (Fsp3) is 0.684. The fourth-order valence-electron chi connectivity index (χ4n) is 7.30. The van der Waals surface area contributed by atoms with Crippen LogP contribution in [0.3, 0.4) is 0 Å². The molecular weight excluding hydrogens is 274 g/mol. The highest BCUT2D eigenvalue weighted by atomic mass is 16.5. The minimum Gasteiger partial charge on any atom is -0.493 e. The molecule has 6 aliphatic rings. The minimum absolute atomic E-state index is 0.309. The number of hydrogen-bond acceptors (Lipinski definition) is 3. The van der Waals surface area contributed by atoms with Crippen molar-refractivity contribution in [3.05, 3.63) is 23.3 Å². The Kier molecular flexibility index (Phi) is 1.93. The topological polar surface area (TPSA) is 21.7 Å². The maximum absolute atomic E-state index is 6.56. The molecule has 1 aromatic carbocycles. The van der Waals surface area contributed by atoms with Crippen molar-refractivity contribution in [3.8, 4) is 11.5 Å². The van der Waals surface area contributed by atoms with Crippen LogP contribution in [0.4, 0.5) is 0 Å². The summed E-state index contributed by atoms with van der Waals surface area (Å²) in [6.45, 7) is 1.30. The first-order valence-electron chi connectivity index (χ1n) is 8.77. The summed E-state index contributed by atoms with van der Waals surface area (Å²) in [6.07, 6.45) is 6.92. The lowest BCUT2D eigenvalue weighted by Crippen LogP contribution is -2.65. The van der Waals surface area contributed by atoms with Gasteiger partial charge in [0.2, 0.25) is 0 Å². The van der Waals surface area contributed by atoms with E-state index >= 15 is 0 Å². The summed E-state index contributed by atoms with van der Waals surface area (Å²) in [6, 6.07) is 5.16. The van der Waals surface area contributed by atoms with E-state index in [-0.39, 0.29) is 0 Å². The summed E-state index contributed by atoms with van der Waals surface area (Å²) in [5.41, 5.74) is 3.97. The van der Waals surface area contributed by atoms with Gasteiger partial charge in [0, 0.05) is 23.6 Å². The fourth-order valence-corrected chi connectivity index (χ4v) is 7.30. The Morgan fingerprint density at radius 1 is 1.36 bits per heavy atom. The SMILES string of the molecule is COc1ccc2c3c1O[C@H]1CCCC45CN(C)C(C2)C4C31C5. The monoisotopic (exact) mass is 297 g/mol. The summed E-state index contributed by atoms with van der Waals surface area (Å²) in [5.74, 6) is 2.86. The number of hydrogen-bond donors (Lipinski definition) is 0. The number of fused-ring (bicyclic) bond motifs is 2. The van der Waals surface area contributed by atoms with Crippen molar-refractivity contribution in [3.63, 3.8) is 0 Å². The van der Waals surface area contributed by atoms with Gasteiger partial charge in [-0.1, -0.05) is 6.07 Å². The first-order valence-corrected chi connectivity index (χ1v) is 8.77. The van der Waals surface area contributed by atoms with Crippen LogP contribution < -0.4 is 9.47 Å². The molecule has 3 heteroatoms. The van der Waals surface area contributed by atoms with E-state index in [9.17, 15) is 0 Å². The second kappa shape index (κ2) is 3.48. The zero-order valence-electron chi connectivity index (χ0n) is 13.4. The summed E-state index contributed by atoms with van der Waals surface area (Å²) in [4.78, 5) is 2.66. The normalized spacial score (nSPS) is 46.5. The molecular formula is C19H23NO2. The van der Waals surface area contributed by atoms with Crippen LogP contribution in [-0.2, 0) is 11.8 Å². The van der Waals surface area contributed by atoms with Crippen molar-refractivity contribution in [1.82, 2.24) is 4.90 Å². The van der Waals surface area contributed by atoms with Crippen LogP contribution >= 0.6 is 0 Å². The molecule has 2 bridgehead atoms. The average molecular weight is 297 g/mol. The van der Waals surface area contributed by atoms with Crippen LogP contribution in [0, 0.1) is 11.3 Å². The number of likely N-dealkylation sites (tertiary alicyclic amines) is 1. The maximum Gasteiger partial charge on any atom is 0.165 e. The lowest BCUT2D eigenvalue weighted by molar-refractivity contribution is -0.0802. The van der Waals surface area contributed by atoms with Gasteiger partial charge >= 0.3 is 0 Å². The third-order valence-corrected chi connectivity index (χ3v) is 7.67. The molecule has 7 rings (SSSR count). The summed E-state index contributed by atoms with van der Waals surface area (Å²) >= 11 is 0. The van der Waals surface area contributed by atoms with Crippen LogP contribution in [0.2, 0.25) is 0 Å². The zero-order valence-corrected chi connectivity index (χ0v) is 13.4. The molecule has 1 aromatic rings. The minimum atomic E-state index is 0.309. The Labute approximate surface area is 131 Å². The lowest BCUT2D eigenvalue weighted by Gasteiger charge is -2.62. The Morgan fingerprint density at radius 2 is 2.27 bits per heavy atom. The van der Waals surface area contributed by atoms with E-state index in [1.807, 2.05) is 0 Å². The number of nitrogens with zero attached hydrogens (tertiary/aromatic N) is 1. The molecule has 3 nitrogen and oxygen atoms in total. The Morgan fingerprint density at radius 3 is 3.14 bits per heavy atom. The second-order valence-electron chi connectivity index (χ2n) is 8.37. The number of ether oxygens (including phenoxy) is 2. The Hall–Kier alpha value is -1.22. The van der Waals surface area contributed by atoms with Gasteiger partial charge in [-0.25, -0.2) is 0 Å². The molecule has 2 heterocycles. The van der Waals surface area contributed by atoms with Crippen LogP contribution in [0.15, 0.2) is 12.1 Å². The van der Waals surface area contributed by atoms with E-state index in [2.05, 4.69) is 24.1 Å². The van der Waals surface area contributed by atoms with E-state index in [0.717, 1.165) is 23.5 Å². The van der Waals surface area contributed by atoms with E-state index < -0.39 is 0 Å². The first kappa shape index (κ1) is 12.2. The smallest absolute Gasteiger partial charge is 0.165 e. The van der Waals surface area contributed by atoms with Crippen LogP contribution in [-0.4, -0.2) is 37.7 Å². The van der Waals surface area contributed by atoms with Gasteiger partial charge in [-0.3, -0.25) is 0 Å². The summed E-state index contributed by atoms with van der Waals surface area (Å²) < 4.78 is 12.2. The largest absolute Gasteiger partial charge is 0.493 e. The number of benzene rings is 1. The predicted molar refractivity (Wildman–Crippen MR) is 83.6 cm³/mol. The van der Waals surface area contributed by atoms with Gasteiger partial charge in [0.1, 0.15) is 6.10 Å². The molecule has 2 spiro atoms. The molecule has 0 N–H and O–H groups in total. The van der Waals surface area contributed by atoms with Crippen LogP contribution in [0.25, 0.3) is 0 Å². The van der Waals surface area contributed by atoms with Gasteiger partial charge in [0.15, 0.2) is 11.5 Å². The van der Waals surface area contributed by atoms with Gasteiger partial charge in [-0.15, -0.1) is 0 Å². The van der Waals surface area contributed by atoms with Crippen molar-refractivity contribution in [2.75, 3.05) is 20.7 Å². The molecule has 4 aliphatic carbocycles. The third-order valence-electron chi connectivity index (χ3n) is 7.67. The van der Waals surface area contributed by atoms with E-state index in [4.69, 9.17) is 9.47 Å². The molecule has 4 unspecified atom stereocenters. The highest BCUT2D eigenvalue weighted by Crippen LogP contribution is 2.76. The highest BCUT2D eigenvalue weighted by Gasteiger charge is 2.77. The van der Waals surface area contributed by atoms with Crippen LogP contribution in [0.5, 0.6) is 11.5 Å². The third kappa shape index (κ3) is 1.03. The average Bonchev–Trinajstić information content (AvgIpc) is 2.83. The van der Waals surface area contributed by atoms with Crippen LogP contribution in [0.1, 0.15) is 36.8 Å². The molecule has 0 amide bonds. The van der Waals surface area contributed by atoms with E-state index in [1.54, 1.807) is 12.7 Å².